The number of methoxy groups -OCH3 is 1. The van der Waals surface area contributed by atoms with Gasteiger partial charge in [0.2, 0.25) is 0 Å². The van der Waals surface area contributed by atoms with Gasteiger partial charge < -0.3 is 14.9 Å². The molecular formula is C16H12ClNO3. The van der Waals surface area contributed by atoms with Gasteiger partial charge in [0.15, 0.2) is 5.43 Å². The number of para-hydroxylation sites is 1. The van der Waals surface area contributed by atoms with Gasteiger partial charge in [-0.1, -0.05) is 17.7 Å². The molecule has 0 bridgehead atoms. The number of anilines is 1. The molecule has 21 heavy (non-hydrogen) atoms. The minimum Gasteiger partial charge on any atom is -0.495 e. The number of rotatable bonds is 2. The largest absolute Gasteiger partial charge is 0.495 e. The van der Waals surface area contributed by atoms with Crippen LogP contribution in [0.5, 0.6) is 5.75 Å². The Morgan fingerprint density at radius 3 is 2.76 bits per heavy atom. The highest BCUT2D eigenvalue weighted by Crippen LogP contribution is 2.33. The average molecular weight is 302 g/mol. The van der Waals surface area contributed by atoms with Crippen LogP contribution in [0.25, 0.3) is 22.3 Å². The number of hydrogen-bond donors (Lipinski definition) is 1. The van der Waals surface area contributed by atoms with Crippen molar-refractivity contribution in [1.82, 2.24) is 0 Å². The third-order valence-corrected chi connectivity index (χ3v) is 3.48. The summed E-state index contributed by atoms with van der Waals surface area (Å²) in [5.41, 5.74) is 7.37. The molecule has 0 spiro atoms. The topological polar surface area (TPSA) is 65.5 Å². The first-order valence-corrected chi connectivity index (χ1v) is 6.64. The molecule has 5 heteroatoms. The molecule has 0 aliphatic carbocycles. The Morgan fingerprint density at radius 1 is 1.19 bits per heavy atom. The summed E-state index contributed by atoms with van der Waals surface area (Å²) < 4.78 is 10.9. The molecule has 0 aliphatic heterocycles. The van der Waals surface area contributed by atoms with E-state index in [9.17, 15) is 4.79 Å². The van der Waals surface area contributed by atoms with Crippen molar-refractivity contribution < 1.29 is 9.15 Å². The number of halogens is 1. The standard InChI is InChI=1S/C16H12ClNO3/c1-20-14-4-2-3-10(16(14)18)15-8-12(19)11-7-9(17)5-6-13(11)21-15/h2-8H,18H2,1H3. The number of hydrogen-bond acceptors (Lipinski definition) is 4. The highest BCUT2D eigenvalue weighted by atomic mass is 35.5. The average Bonchev–Trinajstić information content (AvgIpc) is 2.48. The molecule has 4 nitrogen and oxygen atoms in total. The summed E-state index contributed by atoms with van der Waals surface area (Å²) in [5, 5.41) is 0.927. The molecule has 0 amide bonds. The van der Waals surface area contributed by atoms with Crippen LogP contribution in [-0.2, 0) is 0 Å². The summed E-state index contributed by atoms with van der Waals surface area (Å²) in [7, 11) is 1.54. The number of nitrogen functional groups attached to an aromatic ring is 1. The van der Waals surface area contributed by atoms with E-state index in [1.807, 2.05) is 0 Å². The Labute approximate surface area is 125 Å². The molecule has 0 unspecified atom stereocenters. The molecule has 0 saturated carbocycles. The second-order valence-electron chi connectivity index (χ2n) is 4.54. The molecule has 3 rings (SSSR count). The van der Waals surface area contributed by atoms with Gasteiger partial charge in [-0.2, -0.15) is 0 Å². The summed E-state index contributed by atoms with van der Waals surface area (Å²) in [6, 6.07) is 11.6. The monoisotopic (exact) mass is 301 g/mol. The smallest absolute Gasteiger partial charge is 0.193 e. The first-order valence-electron chi connectivity index (χ1n) is 6.26. The fourth-order valence-corrected chi connectivity index (χ4v) is 2.37. The Kier molecular flexibility index (Phi) is 3.31. The maximum Gasteiger partial charge on any atom is 0.193 e. The first kappa shape index (κ1) is 13.5. The Bertz CT molecular complexity index is 886. The van der Waals surface area contributed by atoms with Gasteiger partial charge in [0.05, 0.1) is 18.2 Å². The highest BCUT2D eigenvalue weighted by molar-refractivity contribution is 6.31. The van der Waals surface area contributed by atoms with E-state index in [-0.39, 0.29) is 5.43 Å². The van der Waals surface area contributed by atoms with E-state index in [4.69, 9.17) is 26.5 Å². The Morgan fingerprint density at radius 2 is 2.00 bits per heavy atom. The zero-order valence-corrected chi connectivity index (χ0v) is 12.0. The fourth-order valence-electron chi connectivity index (χ4n) is 2.20. The zero-order valence-electron chi connectivity index (χ0n) is 11.2. The molecule has 2 N–H and O–H groups in total. The minimum atomic E-state index is -0.170. The predicted octanol–water partition coefficient (Wildman–Crippen LogP) is 3.70. The van der Waals surface area contributed by atoms with Gasteiger partial charge in [-0.25, -0.2) is 0 Å². The van der Waals surface area contributed by atoms with Crippen LogP contribution in [0.15, 0.2) is 51.7 Å². The summed E-state index contributed by atoms with van der Waals surface area (Å²) >= 11 is 5.90. The number of ether oxygens (including phenoxy) is 1. The van der Waals surface area contributed by atoms with Gasteiger partial charge in [0.1, 0.15) is 17.1 Å². The molecule has 1 heterocycles. The van der Waals surface area contributed by atoms with Gasteiger partial charge in [-0.15, -0.1) is 0 Å². The van der Waals surface area contributed by atoms with Gasteiger partial charge in [-0.05, 0) is 30.3 Å². The van der Waals surface area contributed by atoms with Gasteiger partial charge >= 0.3 is 0 Å². The van der Waals surface area contributed by atoms with Crippen LogP contribution in [-0.4, -0.2) is 7.11 Å². The lowest BCUT2D eigenvalue weighted by atomic mass is 10.1. The molecule has 0 fully saturated rings. The summed E-state index contributed by atoms with van der Waals surface area (Å²) in [6.45, 7) is 0. The minimum absolute atomic E-state index is 0.170. The quantitative estimate of drug-likeness (QED) is 0.733. The second-order valence-corrected chi connectivity index (χ2v) is 4.97. The Balaban J connectivity index is 2.27. The van der Waals surface area contributed by atoms with E-state index in [1.165, 1.54) is 13.2 Å². The molecule has 1 aromatic heterocycles. The highest BCUT2D eigenvalue weighted by Gasteiger charge is 2.12. The molecule has 106 valence electrons. The SMILES string of the molecule is COc1cccc(-c2cc(=O)c3cc(Cl)ccc3o2)c1N. The Hall–Kier alpha value is -2.46. The predicted molar refractivity (Wildman–Crippen MR) is 83.9 cm³/mol. The van der Waals surface area contributed by atoms with Crippen molar-refractivity contribution in [2.75, 3.05) is 12.8 Å². The van der Waals surface area contributed by atoms with Gasteiger partial charge in [0, 0.05) is 16.7 Å². The van der Waals surface area contributed by atoms with Gasteiger partial charge in [0.25, 0.3) is 0 Å². The van der Waals surface area contributed by atoms with Crippen LogP contribution in [0.1, 0.15) is 0 Å². The second kappa shape index (κ2) is 5.14. The van der Waals surface area contributed by atoms with Crippen LogP contribution < -0.4 is 15.9 Å². The molecule has 3 aromatic rings. The summed E-state index contributed by atoms with van der Waals surface area (Å²) in [6.07, 6.45) is 0. The lowest BCUT2D eigenvalue weighted by molar-refractivity contribution is 0.417. The third-order valence-electron chi connectivity index (χ3n) is 3.24. The van der Waals surface area contributed by atoms with Crippen molar-refractivity contribution in [2.24, 2.45) is 0 Å². The summed E-state index contributed by atoms with van der Waals surface area (Å²) in [4.78, 5) is 12.2. The van der Waals surface area contributed by atoms with Gasteiger partial charge in [-0.3, -0.25) is 4.79 Å². The maximum absolute atomic E-state index is 12.2. The lowest BCUT2D eigenvalue weighted by Crippen LogP contribution is -2.02. The number of fused-ring (bicyclic) bond motifs is 1. The molecule has 2 aromatic carbocycles. The van der Waals surface area contributed by atoms with Crippen LogP contribution in [0.3, 0.4) is 0 Å². The number of benzene rings is 2. The molecule has 0 saturated heterocycles. The van der Waals surface area contributed by atoms with E-state index in [0.717, 1.165) is 0 Å². The lowest BCUT2D eigenvalue weighted by Gasteiger charge is -2.09. The molecular weight excluding hydrogens is 290 g/mol. The summed E-state index contributed by atoms with van der Waals surface area (Å²) in [5.74, 6) is 0.928. The van der Waals surface area contributed by atoms with Crippen LogP contribution in [0.2, 0.25) is 5.02 Å². The van der Waals surface area contributed by atoms with E-state index in [2.05, 4.69) is 0 Å². The molecule has 0 radical (unpaired) electrons. The van der Waals surface area contributed by atoms with Crippen molar-refractivity contribution in [3.63, 3.8) is 0 Å². The maximum atomic E-state index is 12.2. The van der Waals surface area contributed by atoms with E-state index >= 15 is 0 Å². The molecule has 0 atom stereocenters. The van der Waals surface area contributed by atoms with Crippen molar-refractivity contribution in [2.45, 2.75) is 0 Å². The van der Waals surface area contributed by atoms with Crippen molar-refractivity contribution >= 4 is 28.3 Å². The normalized spacial score (nSPS) is 10.8. The van der Waals surface area contributed by atoms with Crippen molar-refractivity contribution in [1.29, 1.82) is 0 Å². The molecule has 0 aliphatic rings. The van der Waals surface area contributed by atoms with Crippen LogP contribution >= 0.6 is 11.6 Å². The first-order chi connectivity index (χ1) is 10.1. The van der Waals surface area contributed by atoms with E-state index in [1.54, 1.807) is 36.4 Å². The number of nitrogens with two attached hydrogens (primary N) is 1. The van der Waals surface area contributed by atoms with E-state index < -0.39 is 0 Å². The third kappa shape index (κ3) is 2.34. The van der Waals surface area contributed by atoms with Crippen LogP contribution in [0, 0.1) is 0 Å². The zero-order chi connectivity index (χ0) is 15.0. The van der Waals surface area contributed by atoms with Crippen molar-refractivity contribution in [3.05, 3.63) is 57.7 Å². The van der Waals surface area contributed by atoms with Crippen molar-refractivity contribution in [3.8, 4) is 17.1 Å². The fraction of sp³-hybridized carbons (Fsp3) is 0.0625. The van der Waals surface area contributed by atoms with Crippen LogP contribution in [0.4, 0.5) is 5.69 Å². The van der Waals surface area contributed by atoms with E-state index in [0.29, 0.717) is 38.8 Å².